The van der Waals surface area contributed by atoms with Gasteiger partial charge in [0.2, 0.25) is 0 Å². The van der Waals surface area contributed by atoms with E-state index in [2.05, 4.69) is 116 Å². The predicted octanol–water partition coefficient (Wildman–Crippen LogP) is 8.97. The molecule has 0 saturated heterocycles. The quantitative estimate of drug-likeness (QED) is 0.297. The maximum absolute atomic E-state index is 13.7. The minimum atomic E-state index is -0.0921. The molecule has 0 radical (unpaired) electrons. The normalized spacial score (nSPS) is 15.8. The monoisotopic (exact) mass is 569 g/mol. The Morgan fingerprint density at radius 2 is 1.00 bits per heavy atom. The predicted molar refractivity (Wildman–Crippen MR) is 176 cm³/mol. The van der Waals surface area contributed by atoms with E-state index in [1.165, 1.54) is 11.1 Å². The molecule has 0 bridgehead atoms. The number of hydrogen-bond acceptors (Lipinski definition) is 3. The third-order valence-electron chi connectivity index (χ3n) is 7.98. The average Bonchev–Trinajstić information content (AvgIpc) is 2.91. The van der Waals surface area contributed by atoms with Crippen LogP contribution < -0.4 is 16.0 Å². The van der Waals surface area contributed by atoms with Crippen molar-refractivity contribution in [2.24, 2.45) is 0 Å². The van der Waals surface area contributed by atoms with E-state index in [9.17, 15) is 9.59 Å². The fourth-order valence-corrected chi connectivity index (χ4v) is 5.66. The van der Waals surface area contributed by atoms with Gasteiger partial charge in [-0.1, -0.05) is 96.9 Å². The van der Waals surface area contributed by atoms with Gasteiger partial charge in [0, 0.05) is 34.6 Å². The molecule has 1 heterocycles. The first-order valence-electron chi connectivity index (χ1n) is 15.4. The molecule has 5 nitrogen and oxygen atoms in total. The summed E-state index contributed by atoms with van der Waals surface area (Å²) in [5, 5.41) is 9.82. The number of rotatable bonds is 8. The molecule has 0 aromatic heterocycles. The van der Waals surface area contributed by atoms with Gasteiger partial charge in [0.05, 0.1) is 5.70 Å². The fourth-order valence-electron chi connectivity index (χ4n) is 5.66. The molecule has 2 aromatic rings. The number of benzene rings is 2. The SMILES string of the molecule is CC(NC(=O)c1c(C(C)C)cc(C)cc1C(C)C)=C1C=CCC(=C(C)NC(=O)c2c(C(C)C)cc(C)cc2C(C)C)N1. The maximum atomic E-state index is 13.7. The number of aryl methyl sites for hydroxylation is 2. The topological polar surface area (TPSA) is 70.2 Å². The van der Waals surface area contributed by atoms with Crippen molar-refractivity contribution in [1.82, 2.24) is 16.0 Å². The van der Waals surface area contributed by atoms with Gasteiger partial charge in [-0.15, -0.1) is 0 Å². The molecular formula is C37H51N3O2. The zero-order chi connectivity index (χ0) is 31.5. The van der Waals surface area contributed by atoms with E-state index in [0.29, 0.717) is 6.42 Å². The van der Waals surface area contributed by atoms with Crippen LogP contribution in [-0.4, -0.2) is 11.8 Å². The van der Waals surface area contributed by atoms with Gasteiger partial charge in [0.15, 0.2) is 0 Å². The van der Waals surface area contributed by atoms with E-state index in [4.69, 9.17) is 0 Å². The van der Waals surface area contributed by atoms with Crippen LogP contribution in [0, 0.1) is 13.8 Å². The van der Waals surface area contributed by atoms with Crippen LogP contribution in [0.25, 0.3) is 0 Å². The molecule has 0 aliphatic carbocycles. The van der Waals surface area contributed by atoms with E-state index in [-0.39, 0.29) is 35.5 Å². The van der Waals surface area contributed by atoms with Crippen molar-refractivity contribution >= 4 is 11.8 Å². The number of carbonyl (C=O) groups is 2. The highest BCUT2D eigenvalue weighted by Gasteiger charge is 2.24. The van der Waals surface area contributed by atoms with E-state index in [0.717, 1.165) is 56.2 Å². The van der Waals surface area contributed by atoms with Crippen LogP contribution in [0.4, 0.5) is 0 Å². The van der Waals surface area contributed by atoms with Crippen molar-refractivity contribution < 1.29 is 9.59 Å². The lowest BCUT2D eigenvalue weighted by Crippen LogP contribution is -2.31. The number of allylic oxidation sites excluding steroid dienone is 4. The number of amides is 2. The second-order valence-electron chi connectivity index (χ2n) is 13.0. The Morgan fingerprint density at radius 3 is 1.36 bits per heavy atom. The van der Waals surface area contributed by atoms with Crippen LogP contribution in [0.5, 0.6) is 0 Å². The third kappa shape index (κ3) is 7.42. The van der Waals surface area contributed by atoms with Crippen LogP contribution in [0.1, 0.15) is 153 Å². The van der Waals surface area contributed by atoms with Crippen molar-refractivity contribution in [3.63, 3.8) is 0 Å². The van der Waals surface area contributed by atoms with Gasteiger partial charge in [-0.05, 0) is 79.7 Å². The second-order valence-corrected chi connectivity index (χ2v) is 13.0. The van der Waals surface area contributed by atoms with Gasteiger partial charge >= 0.3 is 0 Å². The lowest BCUT2D eigenvalue weighted by Gasteiger charge is -2.24. The van der Waals surface area contributed by atoms with Gasteiger partial charge in [-0.3, -0.25) is 9.59 Å². The molecule has 2 aromatic carbocycles. The van der Waals surface area contributed by atoms with Crippen LogP contribution in [-0.2, 0) is 0 Å². The van der Waals surface area contributed by atoms with Crippen molar-refractivity contribution in [2.75, 3.05) is 0 Å². The Morgan fingerprint density at radius 1 is 0.643 bits per heavy atom. The first-order valence-corrected chi connectivity index (χ1v) is 15.4. The molecule has 0 fully saturated rings. The summed E-state index contributed by atoms with van der Waals surface area (Å²) in [6.07, 6.45) is 4.71. The van der Waals surface area contributed by atoms with Gasteiger partial charge in [0.25, 0.3) is 11.8 Å². The second kappa shape index (κ2) is 13.6. The molecule has 226 valence electrons. The van der Waals surface area contributed by atoms with Gasteiger partial charge < -0.3 is 16.0 Å². The molecule has 1 aliphatic rings. The highest BCUT2D eigenvalue weighted by atomic mass is 16.2. The molecule has 0 atom stereocenters. The molecular weight excluding hydrogens is 518 g/mol. The molecule has 5 heteroatoms. The van der Waals surface area contributed by atoms with E-state index in [1.807, 2.05) is 19.9 Å². The van der Waals surface area contributed by atoms with E-state index in [1.54, 1.807) is 0 Å². The summed E-state index contributed by atoms with van der Waals surface area (Å²) < 4.78 is 0. The van der Waals surface area contributed by atoms with Gasteiger partial charge in [0.1, 0.15) is 0 Å². The summed E-state index contributed by atoms with van der Waals surface area (Å²) in [6.45, 7) is 25.1. The van der Waals surface area contributed by atoms with Crippen molar-refractivity contribution in [3.05, 3.63) is 104 Å². The standard InChI is InChI=1S/C37H51N3O2/c1-20(2)28-16-24(9)17-29(21(3)4)34(28)36(41)38-26(11)32-14-13-15-33(40-32)27(12)39-37(42)35-30(22(5)6)18-25(10)19-31(35)23(7)8/h13-14,16-23,40H,15H2,1-12H3,(H,38,41)(H,39,42). The molecule has 3 rings (SSSR count). The zero-order valence-electron chi connectivity index (χ0n) is 27.8. The minimum Gasteiger partial charge on any atom is -0.356 e. The van der Waals surface area contributed by atoms with E-state index < -0.39 is 0 Å². The average molecular weight is 570 g/mol. The summed E-state index contributed by atoms with van der Waals surface area (Å²) in [6, 6.07) is 8.52. The Balaban J connectivity index is 1.92. The van der Waals surface area contributed by atoms with Crippen LogP contribution >= 0.6 is 0 Å². The number of nitrogens with one attached hydrogen (secondary N) is 3. The Kier molecular flexibility index (Phi) is 10.6. The van der Waals surface area contributed by atoms with Crippen molar-refractivity contribution in [1.29, 1.82) is 0 Å². The first-order chi connectivity index (χ1) is 19.6. The van der Waals surface area contributed by atoms with Crippen LogP contribution in [0.3, 0.4) is 0 Å². The van der Waals surface area contributed by atoms with Gasteiger partial charge in [-0.2, -0.15) is 0 Å². The molecule has 0 spiro atoms. The van der Waals surface area contributed by atoms with Gasteiger partial charge in [-0.25, -0.2) is 0 Å². The zero-order valence-corrected chi connectivity index (χ0v) is 27.8. The van der Waals surface area contributed by atoms with Crippen molar-refractivity contribution in [2.45, 2.75) is 113 Å². The lowest BCUT2D eigenvalue weighted by atomic mass is 9.86. The third-order valence-corrected chi connectivity index (χ3v) is 7.98. The minimum absolute atomic E-state index is 0.0823. The summed E-state index contributed by atoms with van der Waals surface area (Å²) in [4.78, 5) is 27.4. The Labute approximate surface area is 254 Å². The van der Waals surface area contributed by atoms with Crippen molar-refractivity contribution in [3.8, 4) is 0 Å². The summed E-state index contributed by atoms with van der Waals surface area (Å²) in [7, 11) is 0. The molecule has 1 aliphatic heterocycles. The summed E-state index contributed by atoms with van der Waals surface area (Å²) in [5.41, 5.74) is 11.4. The highest BCUT2D eigenvalue weighted by Crippen LogP contribution is 2.31. The first kappa shape index (κ1) is 32.9. The highest BCUT2D eigenvalue weighted by molar-refractivity contribution is 5.99. The molecule has 0 saturated carbocycles. The lowest BCUT2D eigenvalue weighted by molar-refractivity contribution is 0.0955. The fraction of sp³-hybridized carbons (Fsp3) is 0.459. The summed E-state index contributed by atoms with van der Waals surface area (Å²) >= 11 is 0. The Hall–Kier alpha value is -3.60. The maximum Gasteiger partial charge on any atom is 0.256 e. The molecule has 2 amide bonds. The van der Waals surface area contributed by atoms with E-state index >= 15 is 0 Å². The summed E-state index contributed by atoms with van der Waals surface area (Å²) in [5.74, 6) is 0.741. The molecule has 0 unspecified atom stereocenters. The largest absolute Gasteiger partial charge is 0.356 e. The Bertz CT molecular complexity index is 1390. The van der Waals surface area contributed by atoms with Crippen LogP contribution in [0.2, 0.25) is 0 Å². The molecule has 3 N–H and O–H groups in total. The number of hydrogen-bond donors (Lipinski definition) is 3. The number of carbonyl (C=O) groups excluding carboxylic acids is 2. The molecule has 42 heavy (non-hydrogen) atoms. The van der Waals surface area contributed by atoms with Crippen LogP contribution in [0.15, 0.2) is 59.2 Å². The smallest absolute Gasteiger partial charge is 0.256 e.